The quantitative estimate of drug-likeness (QED) is 0.340. The summed E-state index contributed by atoms with van der Waals surface area (Å²) >= 11 is 0. The second-order valence-electron chi connectivity index (χ2n) is 10.6. The molecule has 1 amide bonds. The second kappa shape index (κ2) is 14.8. The van der Waals surface area contributed by atoms with Gasteiger partial charge in [-0.1, -0.05) is 29.4 Å². The molecule has 1 N–H and O–H groups in total. The highest BCUT2D eigenvalue weighted by Gasteiger charge is 2.38. The number of hydrogen-bond acceptors (Lipinski definition) is 9. The highest BCUT2D eigenvalue weighted by atomic mass is 32.2. The van der Waals surface area contributed by atoms with Gasteiger partial charge in [-0.2, -0.15) is 22.5 Å². The number of likely N-dealkylation sites (tertiary alicyclic amines) is 1. The number of alkyl halides is 3. The molecular formula is C29H36F3N5O7S. The van der Waals surface area contributed by atoms with Crippen molar-refractivity contribution in [3.63, 3.8) is 0 Å². The SMILES string of the molecule is COc1cc(C)c(S(=O)(=O)N(C)Cc2nc(C(=O)N(C)Cc3cccc(CN4CCCC4)c3)no2)c(C)c1.O=C(O)C(F)(F)F. The number of carbonyl (C=O) groups is 2. The number of halogens is 3. The van der Waals surface area contributed by atoms with Gasteiger partial charge in [-0.15, -0.1) is 0 Å². The first-order chi connectivity index (χ1) is 21.0. The Morgan fingerprint density at radius 2 is 1.62 bits per heavy atom. The van der Waals surface area contributed by atoms with Crippen molar-refractivity contribution in [3.8, 4) is 5.75 Å². The molecule has 0 saturated carbocycles. The maximum Gasteiger partial charge on any atom is 0.490 e. The molecule has 1 aliphatic heterocycles. The van der Waals surface area contributed by atoms with E-state index in [1.54, 1.807) is 33.0 Å². The van der Waals surface area contributed by atoms with Crippen molar-refractivity contribution >= 4 is 21.9 Å². The van der Waals surface area contributed by atoms with Gasteiger partial charge in [0.2, 0.25) is 15.9 Å². The maximum absolute atomic E-state index is 13.3. The van der Waals surface area contributed by atoms with Crippen LogP contribution in [0.4, 0.5) is 13.2 Å². The van der Waals surface area contributed by atoms with Crippen molar-refractivity contribution in [1.29, 1.82) is 0 Å². The Hall–Kier alpha value is -4.02. The first-order valence-corrected chi connectivity index (χ1v) is 15.3. The van der Waals surface area contributed by atoms with Crippen LogP contribution in [0.2, 0.25) is 0 Å². The molecule has 0 aliphatic carbocycles. The Balaban J connectivity index is 0.000000707. The van der Waals surface area contributed by atoms with Crippen LogP contribution in [-0.2, 0) is 34.5 Å². The van der Waals surface area contributed by atoms with Crippen LogP contribution in [0.3, 0.4) is 0 Å². The molecular weight excluding hydrogens is 619 g/mol. The third-order valence-corrected chi connectivity index (χ3v) is 9.07. The van der Waals surface area contributed by atoms with Gasteiger partial charge < -0.3 is 19.3 Å². The standard InChI is InChI=1S/C27H35N5O5S.C2HF3O2/c1-19-13-23(36-5)14-20(2)25(19)38(34,35)31(4)18-24-28-26(29-37-24)27(33)30(3)16-21-9-8-10-22(15-21)17-32-11-6-7-12-32;3-2(4,5)1(6)7/h8-10,13-15H,6-7,11-12,16-18H2,1-5H3;(H,6,7). The third kappa shape index (κ3) is 9.48. The fourth-order valence-electron chi connectivity index (χ4n) is 4.81. The smallest absolute Gasteiger partial charge is 0.490 e. The molecule has 1 fully saturated rings. The third-order valence-electron chi connectivity index (χ3n) is 6.96. The lowest BCUT2D eigenvalue weighted by atomic mass is 10.1. The van der Waals surface area contributed by atoms with Gasteiger partial charge in [0.05, 0.1) is 18.6 Å². The van der Waals surface area contributed by atoms with Crippen molar-refractivity contribution in [1.82, 2.24) is 24.2 Å². The Morgan fingerprint density at radius 3 is 2.18 bits per heavy atom. The number of benzene rings is 2. The molecule has 0 atom stereocenters. The Labute approximate surface area is 259 Å². The highest BCUT2D eigenvalue weighted by Crippen LogP contribution is 2.28. The summed E-state index contributed by atoms with van der Waals surface area (Å²) < 4.78 is 69.9. The number of carboxylic acids is 1. The zero-order chi connectivity index (χ0) is 33.5. The number of sulfonamides is 1. The van der Waals surface area contributed by atoms with Crippen LogP contribution in [0.15, 0.2) is 45.8 Å². The number of hydrogen-bond donors (Lipinski definition) is 1. The number of aryl methyl sites for hydroxylation is 2. The van der Waals surface area contributed by atoms with E-state index in [1.165, 1.54) is 37.5 Å². The van der Waals surface area contributed by atoms with E-state index in [1.807, 2.05) is 12.1 Å². The number of nitrogens with zero attached hydrogens (tertiary/aromatic N) is 5. The lowest BCUT2D eigenvalue weighted by molar-refractivity contribution is -0.192. The van der Waals surface area contributed by atoms with Crippen LogP contribution in [0, 0.1) is 13.8 Å². The summed E-state index contributed by atoms with van der Waals surface area (Å²) in [5.41, 5.74) is 3.37. The molecule has 246 valence electrons. The minimum absolute atomic E-state index is 0.0317. The summed E-state index contributed by atoms with van der Waals surface area (Å²) in [5, 5.41) is 10.9. The number of aliphatic carboxylic acids is 1. The highest BCUT2D eigenvalue weighted by molar-refractivity contribution is 7.89. The topological polar surface area (TPSA) is 146 Å². The number of amides is 1. The molecule has 0 radical (unpaired) electrons. The molecule has 45 heavy (non-hydrogen) atoms. The van der Waals surface area contributed by atoms with E-state index >= 15 is 0 Å². The molecule has 3 aromatic rings. The van der Waals surface area contributed by atoms with Gasteiger partial charge >= 0.3 is 12.1 Å². The fourth-order valence-corrected chi connectivity index (χ4v) is 6.34. The van der Waals surface area contributed by atoms with Gasteiger partial charge in [0.15, 0.2) is 0 Å². The molecule has 2 heterocycles. The molecule has 16 heteroatoms. The molecule has 0 bridgehead atoms. The number of carbonyl (C=O) groups excluding carboxylic acids is 1. The summed E-state index contributed by atoms with van der Waals surface area (Å²) in [5.74, 6) is -2.66. The van der Waals surface area contributed by atoms with Crippen LogP contribution in [0.5, 0.6) is 5.75 Å². The van der Waals surface area contributed by atoms with Crippen LogP contribution in [0.25, 0.3) is 0 Å². The molecule has 0 spiro atoms. The molecule has 1 aliphatic rings. The summed E-state index contributed by atoms with van der Waals surface area (Å²) in [6.07, 6.45) is -2.60. The number of rotatable bonds is 10. The predicted molar refractivity (Wildman–Crippen MR) is 156 cm³/mol. The van der Waals surface area contributed by atoms with E-state index in [2.05, 4.69) is 27.2 Å². The van der Waals surface area contributed by atoms with Crippen LogP contribution in [-0.4, -0.2) is 90.1 Å². The maximum atomic E-state index is 13.3. The molecule has 1 aromatic heterocycles. The van der Waals surface area contributed by atoms with Crippen molar-refractivity contribution in [3.05, 3.63) is 70.4 Å². The van der Waals surface area contributed by atoms with E-state index < -0.39 is 28.1 Å². The lowest BCUT2D eigenvalue weighted by Gasteiger charge is -2.19. The van der Waals surface area contributed by atoms with E-state index in [9.17, 15) is 26.4 Å². The molecule has 4 rings (SSSR count). The molecule has 2 aromatic carbocycles. The minimum atomic E-state index is -5.08. The zero-order valence-corrected chi connectivity index (χ0v) is 26.4. The van der Waals surface area contributed by atoms with E-state index in [0.29, 0.717) is 23.4 Å². The number of aromatic nitrogens is 2. The first kappa shape index (κ1) is 35.5. The number of ether oxygens (including phenoxy) is 1. The van der Waals surface area contributed by atoms with E-state index in [0.717, 1.165) is 29.5 Å². The zero-order valence-electron chi connectivity index (χ0n) is 25.6. The fraction of sp³-hybridized carbons (Fsp3) is 0.448. The average Bonchev–Trinajstić information content (AvgIpc) is 3.64. The van der Waals surface area contributed by atoms with Crippen LogP contribution < -0.4 is 4.74 Å². The van der Waals surface area contributed by atoms with Crippen molar-refractivity contribution in [2.45, 2.75) is 57.4 Å². The van der Waals surface area contributed by atoms with E-state index in [4.69, 9.17) is 19.2 Å². The van der Waals surface area contributed by atoms with Gasteiger partial charge in [0.25, 0.3) is 11.7 Å². The normalized spacial score (nSPS) is 13.8. The first-order valence-electron chi connectivity index (χ1n) is 13.8. The van der Waals surface area contributed by atoms with Gasteiger partial charge in [-0.25, -0.2) is 13.2 Å². The number of carboxylic acid groups (broad SMARTS) is 1. The Kier molecular flexibility index (Phi) is 11.7. The Bertz CT molecular complexity index is 1580. The lowest BCUT2D eigenvalue weighted by Crippen LogP contribution is -2.28. The van der Waals surface area contributed by atoms with Gasteiger partial charge in [0, 0.05) is 27.2 Å². The predicted octanol–water partition coefficient (Wildman–Crippen LogP) is 4.02. The van der Waals surface area contributed by atoms with Gasteiger partial charge in [-0.05, 0) is 74.2 Å². The molecule has 12 nitrogen and oxygen atoms in total. The van der Waals surface area contributed by atoms with Gasteiger partial charge in [-0.3, -0.25) is 9.69 Å². The molecule has 1 saturated heterocycles. The van der Waals surface area contributed by atoms with Gasteiger partial charge in [0.1, 0.15) is 5.75 Å². The second-order valence-corrected chi connectivity index (χ2v) is 12.6. The Morgan fingerprint density at radius 1 is 1.04 bits per heavy atom. The van der Waals surface area contributed by atoms with Crippen molar-refractivity contribution in [2.75, 3.05) is 34.3 Å². The monoisotopic (exact) mass is 655 g/mol. The summed E-state index contributed by atoms with van der Waals surface area (Å²) in [7, 11) is 0.795. The van der Waals surface area contributed by atoms with Crippen molar-refractivity contribution < 1.29 is 45.5 Å². The van der Waals surface area contributed by atoms with Crippen molar-refractivity contribution in [2.24, 2.45) is 0 Å². The summed E-state index contributed by atoms with van der Waals surface area (Å²) in [6, 6.07) is 11.6. The van der Waals surface area contributed by atoms with Crippen LogP contribution in [0.1, 0.15) is 51.6 Å². The summed E-state index contributed by atoms with van der Waals surface area (Å²) in [6.45, 7) is 6.81. The average molecular weight is 656 g/mol. The number of methoxy groups -OCH3 is 1. The van der Waals surface area contributed by atoms with E-state index in [-0.39, 0.29) is 23.2 Å². The summed E-state index contributed by atoms with van der Waals surface area (Å²) in [4.78, 5) is 30.2. The largest absolute Gasteiger partial charge is 0.497 e. The molecule has 0 unspecified atom stereocenters. The van der Waals surface area contributed by atoms with Crippen LogP contribution >= 0.6 is 0 Å². The minimum Gasteiger partial charge on any atom is -0.497 e.